The number of carbonyl (C=O) groups is 4. The summed E-state index contributed by atoms with van der Waals surface area (Å²) in [6.07, 6.45) is 5.17. The van der Waals surface area contributed by atoms with Crippen LogP contribution in [-0.2, 0) is 25.8 Å². The minimum atomic E-state index is -1.21. The average molecular weight is 542 g/mol. The number of fused-ring (bicyclic) bond motifs is 1. The second-order valence-electron chi connectivity index (χ2n) is 8.00. The first-order chi connectivity index (χ1) is 17.7. The fourth-order valence-electron chi connectivity index (χ4n) is 3.92. The third-order valence-corrected chi connectivity index (χ3v) is 7.95. The Morgan fingerprint density at radius 1 is 1.32 bits per heavy atom. The molecule has 0 bridgehead atoms. The minimum absolute atomic E-state index is 0.0493. The van der Waals surface area contributed by atoms with E-state index in [1.54, 1.807) is 29.2 Å². The van der Waals surface area contributed by atoms with Crippen LogP contribution in [0, 0.1) is 11.5 Å². The van der Waals surface area contributed by atoms with Crippen molar-refractivity contribution < 1.29 is 33.7 Å². The lowest BCUT2D eigenvalue weighted by Crippen LogP contribution is -2.71. The molecule has 2 aliphatic heterocycles. The summed E-state index contributed by atoms with van der Waals surface area (Å²) < 4.78 is 1.80. The number of carboxylic acid groups (broad SMARTS) is 1. The van der Waals surface area contributed by atoms with E-state index < -0.39 is 35.1 Å². The van der Waals surface area contributed by atoms with Gasteiger partial charge in [0.05, 0.1) is 4.88 Å². The summed E-state index contributed by atoms with van der Waals surface area (Å²) in [4.78, 5) is 55.1. The summed E-state index contributed by atoms with van der Waals surface area (Å²) in [5.74, 6) is -2.38. The number of carboxylic acids is 1. The molecule has 4 heterocycles. The number of nitriles is 1. The zero-order chi connectivity index (χ0) is 26.7. The largest absolute Gasteiger partial charge is 0.477 e. The van der Waals surface area contributed by atoms with Crippen molar-refractivity contribution in [3.63, 3.8) is 0 Å². The molecule has 4 rings (SSSR count). The standard InChI is InChI=1S/C23H20N6O6S2/c1-12(27-35-2)19(30)26-17-21(32)29-18(23(33)34)15(10-37-22(17)29)8-28-5-3-13(4-6-28)14-7-16(36-9-14)20(31)25-11-24/h3-7,9,17,22H,8,10H2,1-2H3,(H2-,25,26,30,31,33,34)/p+1. The third kappa shape index (κ3) is 5.18. The molecular weight excluding hydrogens is 520 g/mol. The SMILES string of the molecule is CON=C(C)C(=O)NC1C(=O)N2C(C(=O)O)=C(C[n+]3ccc(-c4csc(C(=O)NC#N)c4)cc3)CSC12. The van der Waals surface area contributed by atoms with E-state index in [1.807, 2.05) is 17.5 Å². The highest BCUT2D eigenvalue weighted by molar-refractivity contribution is 8.00. The number of nitrogens with zero attached hydrogens (tertiary/aromatic N) is 4. The number of amides is 3. The number of thiophene rings is 1. The molecule has 3 N–H and O–H groups in total. The van der Waals surface area contributed by atoms with E-state index >= 15 is 0 Å². The maximum atomic E-state index is 12.8. The van der Waals surface area contributed by atoms with Gasteiger partial charge >= 0.3 is 5.97 Å². The summed E-state index contributed by atoms with van der Waals surface area (Å²) in [5.41, 5.74) is 2.19. The van der Waals surface area contributed by atoms with Crippen LogP contribution >= 0.6 is 23.1 Å². The highest BCUT2D eigenvalue weighted by atomic mass is 32.2. The molecule has 0 aromatic carbocycles. The number of oxime groups is 1. The zero-order valence-electron chi connectivity index (χ0n) is 19.6. The molecular formula is C23H21N6O6S2+. The molecule has 1 saturated heterocycles. The number of β-lactam (4-membered cyclic amide) rings is 1. The molecule has 0 saturated carbocycles. The monoisotopic (exact) mass is 541 g/mol. The van der Waals surface area contributed by atoms with Gasteiger partial charge in [0.25, 0.3) is 17.7 Å². The molecule has 190 valence electrons. The molecule has 1 fully saturated rings. The molecule has 0 radical (unpaired) electrons. The van der Waals surface area contributed by atoms with E-state index in [4.69, 9.17) is 5.26 Å². The summed E-state index contributed by atoms with van der Waals surface area (Å²) in [6.45, 7) is 1.70. The number of nitrogens with one attached hydrogen (secondary N) is 2. The molecule has 2 atom stereocenters. The molecule has 37 heavy (non-hydrogen) atoms. The van der Waals surface area contributed by atoms with Crippen LogP contribution in [0.1, 0.15) is 16.6 Å². The minimum Gasteiger partial charge on any atom is -0.477 e. The van der Waals surface area contributed by atoms with Gasteiger partial charge in [-0.1, -0.05) is 5.16 Å². The number of hydrogen-bond acceptors (Lipinski definition) is 9. The summed E-state index contributed by atoms with van der Waals surface area (Å²) in [6, 6.07) is 4.50. The Bertz CT molecular complexity index is 1380. The fraction of sp³-hybridized carbons (Fsp3) is 0.261. The van der Waals surface area contributed by atoms with Crippen LogP contribution < -0.4 is 15.2 Å². The van der Waals surface area contributed by atoms with Crippen molar-refractivity contribution in [2.24, 2.45) is 5.16 Å². The van der Waals surface area contributed by atoms with Crippen LogP contribution in [0.5, 0.6) is 0 Å². The van der Waals surface area contributed by atoms with E-state index in [2.05, 4.69) is 20.6 Å². The van der Waals surface area contributed by atoms with Gasteiger partial charge in [-0.25, -0.2) is 9.36 Å². The predicted molar refractivity (Wildman–Crippen MR) is 133 cm³/mol. The lowest BCUT2D eigenvalue weighted by atomic mass is 10.0. The van der Waals surface area contributed by atoms with Crippen molar-refractivity contribution >= 4 is 52.5 Å². The topological polar surface area (TPSA) is 165 Å². The summed E-state index contributed by atoms with van der Waals surface area (Å²) >= 11 is 2.60. The first-order valence-electron chi connectivity index (χ1n) is 10.8. The Morgan fingerprint density at radius 3 is 2.70 bits per heavy atom. The van der Waals surface area contributed by atoms with E-state index in [1.165, 1.54) is 42.0 Å². The van der Waals surface area contributed by atoms with Gasteiger partial charge in [0.15, 0.2) is 25.1 Å². The number of carbonyl (C=O) groups excluding carboxylic acids is 3. The van der Waals surface area contributed by atoms with Crippen LogP contribution in [0.3, 0.4) is 0 Å². The van der Waals surface area contributed by atoms with Gasteiger partial charge < -0.3 is 15.3 Å². The van der Waals surface area contributed by atoms with Gasteiger partial charge in [-0.3, -0.25) is 24.6 Å². The number of thioether (sulfide) groups is 1. The molecule has 2 aromatic heterocycles. The third-order valence-electron chi connectivity index (χ3n) is 5.68. The quantitative estimate of drug-likeness (QED) is 0.110. The second-order valence-corrected chi connectivity index (χ2v) is 10.0. The zero-order valence-corrected chi connectivity index (χ0v) is 21.3. The van der Waals surface area contributed by atoms with Gasteiger partial charge in [0.2, 0.25) is 0 Å². The maximum absolute atomic E-state index is 12.8. The lowest BCUT2D eigenvalue weighted by Gasteiger charge is -2.49. The average Bonchev–Trinajstić information content (AvgIpc) is 3.38. The van der Waals surface area contributed by atoms with Crippen LogP contribution in [-0.4, -0.2) is 63.7 Å². The summed E-state index contributed by atoms with van der Waals surface area (Å²) in [5, 5.41) is 28.0. The Balaban J connectivity index is 1.48. The maximum Gasteiger partial charge on any atom is 0.352 e. The number of aromatic nitrogens is 1. The van der Waals surface area contributed by atoms with E-state index in [-0.39, 0.29) is 18.0 Å². The van der Waals surface area contributed by atoms with Crippen LogP contribution in [0.15, 0.2) is 52.4 Å². The van der Waals surface area contributed by atoms with E-state index in [9.17, 15) is 24.3 Å². The highest BCUT2D eigenvalue weighted by Gasteiger charge is 2.54. The van der Waals surface area contributed by atoms with Crippen molar-refractivity contribution in [1.82, 2.24) is 15.5 Å². The normalized spacial score (nSPS) is 18.9. The molecule has 2 unspecified atom stereocenters. The van der Waals surface area contributed by atoms with Gasteiger partial charge in [0, 0.05) is 23.5 Å². The Morgan fingerprint density at radius 2 is 2.05 bits per heavy atom. The number of hydrogen-bond donors (Lipinski definition) is 3. The predicted octanol–water partition coefficient (Wildman–Crippen LogP) is 0.674. The molecule has 12 nitrogen and oxygen atoms in total. The van der Waals surface area contributed by atoms with Crippen LogP contribution in [0.4, 0.5) is 0 Å². The smallest absolute Gasteiger partial charge is 0.352 e. The molecule has 14 heteroatoms. The van der Waals surface area contributed by atoms with Crippen molar-refractivity contribution in [2.45, 2.75) is 24.9 Å². The van der Waals surface area contributed by atoms with Crippen molar-refractivity contribution in [3.05, 3.63) is 52.1 Å². The Hall–Kier alpha value is -4.22. The van der Waals surface area contributed by atoms with Crippen molar-refractivity contribution in [3.8, 4) is 17.3 Å². The lowest BCUT2D eigenvalue weighted by molar-refractivity contribution is -0.689. The summed E-state index contributed by atoms with van der Waals surface area (Å²) in [7, 11) is 1.30. The van der Waals surface area contributed by atoms with Gasteiger partial charge in [-0.2, -0.15) is 5.26 Å². The van der Waals surface area contributed by atoms with Gasteiger partial charge in [-0.15, -0.1) is 23.1 Å². The van der Waals surface area contributed by atoms with E-state index in [0.717, 1.165) is 11.1 Å². The van der Waals surface area contributed by atoms with Crippen LogP contribution in [0.25, 0.3) is 11.1 Å². The fourth-order valence-corrected chi connectivity index (χ4v) is 6.07. The highest BCUT2D eigenvalue weighted by Crippen LogP contribution is 2.40. The molecule has 2 aliphatic rings. The first kappa shape index (κ1) is 25.9. The van der Waals surface area contributed by atoms with Crippen molar-refractivity contribution in [1.29, 1.82) is 5.26 Å². The number of pyridine rings is 1. The molecule has 0 spiro atoms. The van der Waals surface area contributed by atoms with Crippen LogP contribution in [0.2, 0.25) is 0 Å². The number of aliphatic carboxylic acids is 1. The van der Waals surface area contributed by atoms with E-state index in [0.29, 0.717) is 16.2 Å². The number of rotatable bonds is 8. The van der Waals surface area contributed by atoms with Gasteiger partial charge in [-0.05, 0) is 29.5 Å². The Kier molecular flexibility index (Phi) is 7.55. The second kappa shape index (κ2) is 10.8. The first-order valence-corrected chi connectivity index (χ1v) is 12.7. The molecule has 0 aliphatic carbocycles. The Labute approximate surface area is 219 Å². The van der Waals surface area contributed by atoms with Gasteiger partial charge in [0.1, 0.15) is 29.9 Å². The van der Waals surface area contributed by atoms with Crippen molar-refractivity contribution in [2.75, 3.05) is 12.9 Å². The molecule has 2 aromatic rings. The molecule has 3 amide bonds.